The van der Waals surface area contributed by atoms with Gasteiger partial charge in [0.05, 0.1) is 11.8 Å². The van der Waals surface area contributed by atoms with Crippen molar-refractivity contribution in [1.82, 2.24) is 15.0 Å². The lowest BCUT2D eigenvalue weighted by atomic mass is 10.1. The van der Waals surface area contributed by atoms with E-state index in [-0.39, 0.29) is 0 Å². The second kappa shape index (κ2) is 9.71. The van der Waals surface area contributed by atoms with Crippen LogP contribution in [-0.4, -0.2) is 15.0 Å². The van der Waals surface area contributed by atoms with Crippen molar-refractivity contribution in [3.05, 3.63) is 89.9 Å². The van der Waals surface area contributed by atoms with Crippen LogP contribution in [0.3, 0.4) is 0 Å². The van der Waals surface area contributed by atoms with Crippen LogP contribution in [0.4, 0.5) is 11.5 Å². The summed E-state index contributed by atoms with van der Waals surface area (Å²) >= 11 is 0. The van der Waals surface area contributed by atoms with Crippen molar-refractivity contribution in [3.8, 4) is 29.0 Å². The van der Waals surface area contributed by atoms with Crippen LogP contribution in [0.5, 0.6) is 11.5 Å². The predicted octanol–water partition coefficient (Wildman–Crippen LogP) is 6.15. The normalized spacial score (nSPS) is 10.4. The number of aryl methyl sites for hydroxylation is 3. The van der Waals surface area contributed by atoms with Gasteiger partial charge in [-0.05, 0) is 67.8 Å². The average Bonchev–Trinajstić information content (AvgIpc) is 2.81. The van der Waals surface area contributed by atoms with E-state index in [1.807, 2.05) is 74.5 Å². The van der Waals surface area contributed by atoms with Crippen LogP contribution in [0.1, 0.15) is 23.2 Å². The molecule has 0 aliphatic carbocycles. The quantitative estimate of drug-likeness (QED) is 0.385. The van der Waals surface area contributed by atoms with E-state index in [1.54, 1.807) is 12.4 Å². The zero-order chi connectivity index (χ0) is 22.3. The molecular weight excluding hydrogens is 398 g/mol. The molecule has 1 aromatic carbocycles. The SMILES string of the molecule is Cc1cc(Oc2ccnc(Nc3cccc(CCC#N)c3)c2)c(-c2ccccn2)nc1C. The highest BCUT2D eigenvalue weighted by Gasteiger charge is 2.13. The Balaban J connectivity index is 1.59. The highest BCUT2D eigenvalue weighted by Crippen LogP contribution is 2.33. The first kappa shape index (κ1) is 21.0. The molecule has 0 spiro atoms. The molecule has 0 unspecified atom stereocenters. The molecule has 4 aromatic rings. The minimum Gasteiger partial charge on any atom is -0.455 e. The van der Waals surface area contributed by atoms with Gasteiger partial charge in [0.25, 0.3) is 0 Å². The minimum absolute atomic E-state index is 0.494. The molecule has 0 amide bonds. The van der Waals surface area contributed by atoms with Gasteiger partial charge in [0, 0.05) is 36.3 Å². The van der Waals surface area contributed by atoms with E-state index >= 15 is 0 Å². The van der Waals surface area contributed by atoms with E-state index < -0.39 is 0 Å². The summed E-state index contributed by atoms with van der Waals surface area (Å²) in [6.45, 7) is 3.99. The van der Waals surface area contributed by atoms with Crippen LogP contribution in [-0.2, 0) is 6.42 Å². The molecule has 0 aliphatic rings. The van der Waals surface area contributed by atoms with Gasteiger partial charge >= 0.3 is 0 Å². The first-order chi connectivity index (χ1) is 15.6. The van der Waals surface area contributed by atoms with E-state index in [1.165, 1.54) is 0 Å². The zero-order valence-corrected chi connectivity index (χ0v) is 18.0. The predicted molar refractivity (Wildman–Crippen MR) is 125 cm³/mol. The van der Waals surface area contributed by atoms with E-state index in [2.05, 4.69) is 21.4 Å². The summed E-state index contributed by atoms with van der Waals surface area (Å²) in [5.41, 5.74) is 5.45. The summed E-state index contributed by atoms with van der Waals surface area (Å²) < 4.78 is 6.24. The molecule has 158 valence electrons. The molecule has 0 fully saturated rings. The minimum atomic E-state index is 0.494. The Morgan fingerprint density at radius 3 is 2.69 bits per heavy atom. The van der Waals surface area contributed by atoms with Gasteiger partial charge in [0.15, 0.2) is 5.75 Å². The van der Waals surface area contributed by atoms with Gasteiger partial charge in [-0.25, -0.2) is 9.97 Å². The van der Waals surface area contributed by atoms with Crippen LogP contribution in [0.25, 0.3) is 11.4 Å². The van der Waals surface area contributed by atoms with Crippen LogP contribution in [0.2, 0.25) is 0 Å². The molecule has 6 heteroatoms. The fourth-order valence-electron chi connectivity index (χ4n) is 3.27. The van der Waals surface area contributed by atoms with Crippen molar-refractivity contribution in [2.75, 3.05) is 5.32 Å². The van der Waals surface area contributed by atoms with Gasteiger partial charge in [0.2, 0.25) is 0 Å². The fraction of sp³-hybridized carbons (Fsp3) is 0.154. The molecule has 32 heavy (non-hydrogen) atoms. The smallest absolute Gasteiger partial charge is 0.155 e. The number of hydrogen-bond acceptors (Lipinski definition) is 6. The van der Waals surface area contributed by atoms with Crippen molar-refractivity contribution in [3.63, 3.8) is 0 Å². The van der Waals surface area contributed by atoms with Crippen LogP contribution < -0.4 is 10.1 Å². The third-order valence-corrected chi connectivity index (χ3v) is 5.02. The Hall–Kier alpha value is -4.24. The van der Waals surface area contributed by atoms with E-state index in [4.69, 9.17) is 15.0 Å². The molecule has 0 radical (unpaired) electrons. The number of pyridine rings is 3. The molecule has 3 heterocycles. The first-order valence-electron chi connectivity index (χ1n) is 10.4. The summed E-state index contributed by atoms with van der Waals surface area (Å²) in [5, 5.41) is 12.1. The number of rotatable bonds is 7. The van der Waals surface area contributed by atoms with Crippen LogP contribution in [0, 0.1) is 25.2 Å². The topological polar surface area (TPSA) is 83.7 Å². The number of anilines is 2. The maximum atomic E-state index is 8.81. The maximum Gasteiger partial charge on any atom is 0.155 e. The number of hydrogen-bond donors (Lipinski definition) is 1. The van der Waals surface area contributed by atoms with Gasteiger partial charge in [-0.1, -0.05) is 18.2 Å². The van der Waals surface area contributed by atoms with Gasteiger partial charge in [-0.2, -0.15) is 5.26 Å². The Labute approximate surface area is 187 Å². The Morgan fingerprint density at radius 1 is 0.969 bits per heavy atom. The first-order valence-corrected chi connectivity index (χ1v) is 10.4. The summed E-state index contributed by atoms with van der Waals surface area (Å²) in [5.74, 6) is 1.95. The monoisotopic (exact) mass is 421 g/mol. The largest absolute Gasteiger partial charge is 0.455 e. The molecule has 0 bridgehead atoms. The summed E-state index contributed by atoms with van der Waals surface area (Å²) in [6, 6.07) is 21.5. The van der Waals surface area contributed by atoms with Crippen molar-refractivity contribution >= 4 is 11.5 Å². The van der Waals surface area contributed by atoms with E-state index in [9.17, 15) is 0 Å². The Kier molecular flexibility index (Phi) is 6.38. The third-order valence-electron chi connectivity index (χ3n) is 5.02. The van der Waals surface area contributed by atoms with Gasteiger partial charge in [-0.15, -0.1) is 0 Å². The van der Waals surface area contributed by atoms with Crippen molar-refractivity contribution < 1.29 is 4.74 Å². The molecular formula is C26H23N5O. The highest BCUT2D eigenvalue weighted by molar-refractivity contribution is 5.65. The molecule has 0 saturated heterocycles. The standard InChI is InChI=1S/C26H23N5O/c1-18-15-24(26(30-19(18)2)23-10-3-4-13-28-23)32-22-11-14-29-25(17-22)31-21-9-5-7-20(16-21)8-6-12-27/h3-5,7,9-11,13-17H,6,8H2,1-2H3,(H,29,31). The molecule has 0 aliphatic heterocycles. The van der Waals surface area contributed by atoms with Gasteiger partial charge in [0.1, 0.15) is 17.3 Å². The molecule has 0 atom stereocenters. The van der Waals surface area contributed by atoms with E-state index in [0.29, 0.717) is 29.4 Å². The van der Waals surface area contributed by atoms with Crippen LogP contribution in [0.15, 0.2) is 73.1 Å². The van der Waals surface area contributed by atoms with E-state index in [0.717, 1.165) is 34.6 Å². The van der Waals surface area contributed by atoms with Crippen molar-refractivity contribution in [2.45, 2.75) is 26.7 Å². The lowest BCUT2D eigenvalue weighted by molar-refractivity contribution is 0.481. The number of benzene rings is 1. The lowest BCUT2D eigenvalue weighted by Crippen LogP contribution is -1.98. The third kappa shape index (κ3) is 5.08. The Morgan fingerprint density at radius 2 is 1.88 bits per heavy atom. The number of ether oxygens (including phenoxy) is 1. The summed E-state index contributed by atoms with van der Waals surface area (Å²) in [6.07, 6.45) is 4.66. The molecule has 0 saturated carbocycles. The van der Waals surface area contributed by atoms with Gasteiger partial charge in [-0.3, -0.25) is 4.98 Å². The van der Waals surface area contributed by atoms with Crippen molar-refractivity contribution in [1.29, 1.82) is 5.26 Å². The number of nitrogens with zero attached hydrogens (tertiary/aromatic N) is 4. The van der Waals surface area contributed by atoms with Crippen molar-refractivity contribution in [2.24, 2.45) is 0 Å². The number of aromatic nitrogens is 3. The molecule has 4 rings (SSSR count). The summed E-state index contributed by atoms with van der Waals surface area (Å²) in [4.78, 5) is 13.6. The average molecular weight is 422 g/mol. The second-order valence-corrected chi connectivity index (χ2v) is 7.41. The number of nitriles is 1. The molecule has 1 N–H and O–H groups in total. The summed E-state index contributed by atoms with van der Waals surface area (Å²) in [7, 11) is 0. The van der Waals surface area contributed by atoms with Crippen LogP contribution >= 0.6 is 0 Å². The Bertz CT molecular complexity index is 1260. The zero-order valence-electron chi connectivity index (χ0n) is 18.0. The van der Waals surface area contributed by atoms with Gasteiger partial charge < -0.3 is 10.1 Å². The molecule has 6 nitrogen and oxygen atoms in total. The highest BCUT2D eigenvalue weighted by atomic mass is 16.5. The lowest BCUT2D eigenvalue weighted by Gasteiger charge is -2.14. The molecule has 3 aromatic heterocycles. The fourth-order valence-corrected chi connectivity index (χ4v) is 3.27. The second-order valence-electron chi connectivity index (χ2n) is 7.41. The number of nitrogens with one attached hydrogen (secondary N) is 1. The maximum absolute atomic E-state index is 8.81.